The summed E-state index contributed by atoms with van der Waals surface area (Å²) >= 11 is 7.51. The lowest BCUT2D eigenvalue weighted by Crippen LogP contribution is -2.38. The van der Waals surface area contributed by atoms with E-state index >= 15 is 4.39 Å². The minimum Gasteiger partial charge on any atom is -0.383 e. The molecule has 166 valence electrons. The number of amidine groups is 1. The Morgan fingerprint density at radius 1 is 1.28 bits per heavy atom. The molecule has 3 atom stereocenters. The Morgan fingerprint density at radius 3 is 2.88 bits per heavy atom. The highest BCUT2D eigenvalue weighted by Crippen LogP contribution is 2.66. The van der Waals surface area contributed by atoms with Gasteiger partial charge in [0.2, 0.25) is 0 Å². The van der Waals surface area contributed by atoms with Crippen LogP contribution in [0.2, 0.25) is 5.02 Å². The first-order valence-electron chi connectivity index (χ1n) is 10.2. The summed E-state index contributed by atoms with van der Waals surface area (Å²) in [6.07, 6.45) is 4.26. The molecule has 1 saturated carbocycles. The van der Waals surface area contributed by atoms with E-state index in [0.717, 1.165) is 11.8 Å². The highest BCUT2D eigenvalue weighted by atomic mass is 35.5. The van der Waals surface area contributed by atoms with Gasteiger partial charge in [0.1, 0.15) is 0 Å². The lowest BCUT2D eigenvalue weighted by Gasteiger charge is -2.34. The van der Waals surface area contributed by atoms with Crippen molar-refractivity contribution < 1.29 is 13.5 Å². The van der Waals surface area contributed by atoms with Gasteiger partial charge in [-0.1, -0.05) is 23.4 Å². The minimum absolute atomic E-state index is 0.00381. The van der Waals surface area contributed by atoms with Crippen molar-refractivity contribution in [3.05, 3.63) is 70.1 Å². The molecule has 32 heavy (non-hydrogen) atoms. The van der Waals surface area contributed by atoms with Gasteiger partial charge in [-0.2, -0.15) is 0 Å². The Balaban J connectivity index is 1.57. The molecule has 2 aliphatic rings. The Hall–Kier alpha value is -2.29. The Morgan fingerprint density at radius 2 is 2.09 bits per heavy atom. The van der Waals surface area contributed by atoms with Crippen LogP contribution in [0.5, 0.6) is 0 Å². The Bertz CT molecular complexity index is 1270. The van der Waals surface area contributed by atoms with E-state index in [1.165, 1.54) is 17.8 Å². The summed E-state index contributed by atoms with van der Waals surface area (Å²) in [5, 5.41) is 1.72. The summed E-state index contributed by atoms with van der Waals surface area (Å²) in [6, 6.07) is 6.50. The fraction of sp³-hybridized carbons (Fsp3) is 0.348. The second-order valence-electron chi connectivity index (χ2n) is 8.55. The van der Waals surface area contributed by atoms with E-state index in [4.69, 9.17) is 22.1 Å². The fourth-order valence-electron chi connectivity index (χ4n) is 4.86. The molecule has 0 unspecified atom stereocenters. The van der Waals surface area contributed by atoms with Crippen molar-refractivity contribution >= 4 is 39.4 Å². The van der Waals surface area contributed by atoms with Crippen molar-refractivity contribution in [1.82, 2.24) is 9.97 Å². The van der Waals surface area contributed by atoms with Crippen LogP contribution in [-0.2, 0) is 16.7 Å². The summed E-state index contributed by atoms with van der Waals surface area (Å²) in [5.41, 5.74) is 7.26. The molecule has 2 N–H and O–H groups in total. The number of rotatable bonds is 5. The zero-order valence-corrected chi connectivity index (χ0v) is 19.1. The minimum atomic E-state index is -0.979. The van der Waals surface area contributed by atoms with Gasteiger partial charge in [-0.3, -0.25) is 15.0 Å². The van der Waals surface area contributed by atoms with E-state index in [1.54, 1.807) is 31.6 Å². The summed E-state index contributed by atoms with van der Waals surface area (Å²) in [5.74, 6) is -1.82. The van der Waals surface area contributed by atoms with Crippen LogP contribution in [0, 0.1) is 17.6 Å². The molecule has 1 aliphatic heterocycles. The molecule has 3 aromatic rings. The number of ether oxygens (including phenoxy) is 1. The van der Waals surface area contributed by atoms with Gasteiger partial charge in [-0.25, -0.2) is 8.78 Å². The first-order valence-corrected chi connectivity index (χ1v) is 11.4. The number of nitrogens with two attached hydrogens (primary N) is 1. The Kier molecular flexibility index (Phi) is 5.15. The second-order valence-corrected chi connectivity index (χ2v) is 10.4. The predicted molar refractivity (Wildman–Crippen MR) is 123 cm³/mol. The molecular formula is C23H21ClF2N4OS. The van der Waals surface area contributed by atoms with E-state index in [9.17, 15) is 4.39 Å². The molecule has 0 bridgehead atoms. The van der Waals surface area contributed by atoms with Crippen LogP contribution in [-0.4, -0.2) is 33.6 Å². The smallest absolute Gasteiger partial charge is 0.164 e. The summed E-state index contributed by atoms with van der Waals surface area (Å²) < 4.78 is 35.0. The van der Waals surface area contributed by atoms with Crippen LogP contribution in [0.3, 0.4) is 0 Å². The van der Waals surface area contributed by atoms with Crippen LogP contribution >= 0.6 is 23.4 Å². The molecule has 9 heteroatoms. The molecule has 1 aliphatic carbocycles. The van der Waals surface area contributed by atoms with Crippen LogP contribution in [0.15, 0.2) is 41.7 Å². The summed E-state index contributed by atoms with van der Waals surface area (Å²) in [6.45, 7) is 2.30. The van der Waals surface area contributed by atoms with Gasteiger partial charge in [-0.15, -0.1) is 0 Å². The maximum absolute atomic E-state index is 15.1. The number of aromatic nitrogens is 2. The summed E-state index contributed by atoms with van der Waals surface area (Å²) in [4.78, 5) is 13.4. The third-order valence-corrected chi connectivity index (χ3v) is 7.87. The number of hydrogen-bond donors (Lipinski definition) is 1. The number of thioether (sulfide) groups is 1. The van der Waals surface area contributed by atoms with Crippen molar-refractivity contribution in [1.29, 1.82) is 0 Å². The average molecular weight is 475 g/mol. The molecule has 5 rings (SSSR count). The van der Waals surface area contributed by atoms with E-state index in [1.807, 2.05) is 13.0 Å². The molecule has 0 saturated heterocycles. The lowest BCUT2D eigenvalue weighted by molar-refractivity contribution is 0.184. The Labute approximate surface area is 193 Å². The first kappa shape index (κ1) is 21.6. The van der Waals surface area contributed by atoms with Crippen LogP contribution in [0.25, 0.3) is 10.9 Å². The quantitative estimate of drug-likeness (QED) is 0.573. The highest BCUT2D eigenvalue weighted by molar-refractivity contribution is 8.15. The number of hydrogen-bond acceptors (Lipinski definition) is 6. The number of benzene rings is 1. The largest absolute Gasteiger partial charge is 0.383 e. The molecule has 0 amide bonds. The SMILES string of the molecule is COC[C@]12C[C@H]1[C@@](C)(c1cc(Cc3nccc4cc(Cl)cnc34)cc(F)c1F)N=C(N)S2. The topological polar surface area (TPSA) is 73.4 Å². The fourth-order valence-corrected chi connectivity index (χ4v) is 6.48. The predicted octanol–water partition coefficient (Wildman–Crippen LogP) is 4.83. The molecule has 0 spiro atoms. The molecule has 0 radical (unpaired) electrons. The zero-order chi connectivity index (χ0) is 22.7. The third kappa shape index (κ3) is 3.45. The zero-order valence-electron chi connectivity index (χ0n) is 17.5. The van der Waals surface area contributed by atoms with Crippen molar-refractivity contribution in [2.24, 2.45) is 16.6 Å². The van der Waals surface area contributed by atoms with Gasteiger partial charge < -0.3 is 10.5 Å². The number of halogens is 3. The van der Waals surface area contributed by atoms with Crippen molar-refractivity contribution in [3.8, 4) is 0 Å². The van der Waals surface area contributed by atoms with Gasteiger partial charge in [0.25, 0.3) is 0 Å². The van der Waals surface area contributed by atoms with Crippen molar-refractivity contribution in [2.75, 3.05) is 13.7 Å². The molecule has 3 heterocycles. The van der Waals surface area contributed by atoms with E-state index in [2.05, 4.69) is 15.0 Å². The third-order valence-electron chi connectivity index (χ3n) is 6.39. The van der Waals surface area contributed by atoms with E-state index in [0.29, 0.717) is 33.6 Å². The normalized spacial score (nSPS) is 26.7. The second kappa shape index (κ2) is 7.64. The first-order chi connectivity index (χ1) is 15.3. The monoisotopic (exact) mass is 474 g/mol. The number of fused-ring (bicyclic) bond motifs is 2. The molecule has 5 nitrogen and oxygen atoms in total. The van der Waals surface area contributed by atoms with Crippen LogP contribution in [0.1, 0.15) is 30.2 Å². The van der Waals surface area contributed by atoms with Crippen molar-refractivity contribution in [2.45, 2.75) is 30.1 Å². The van der Waals surface area contributed by atoms with Gasteiger partial charge in [0, 0.05) is 42.8 Å². The number of pyridine rings is 2. The summed E-state index contributed by atoms with van der Waals surface area (Å²) in [7, 11) is 1.63. The van der Waals surface area contributed by atoms with Gasteiger partial charge >= 0.3 is 0 Å². The van der Waals surface area contributed by atoms with Crippen LogP contribution < -0.4 is 5.73 Å². The number of nitrogens with zero attached hydrogens (tertiary/aromatic N) is 3. The number of aliphatic imine (C=N–C) groups is 1. The average Bonchev–Trinajstić information content (AvgIpc) is 3.45. The van der Waals surface area contributed by atoms with Gasteiger partial charge in [0.05, 0.1) is 33.1 Å². The van der Waals surface area contributed by atoms with Gasteiger partial charge in [-0.05, 0) is 43.2 Å². The van der Waals surface area contributed by atoms with E-state index in [-0.39, 0.29) is 22.6 Å². The standard InChI is InChI=1S/C23H21ClF2N4OS/c1-22(18-9-23(18,11-31-2)32-21(27)30-22)15-5-12(6-16(25)19(15)26)7-17-20-13(3-4-28-17)8-14(24)10-29-20/h3-6,8,10,18H,7,9,11H2,1-2H3,(H2,27,30)/t18-,22+,23+/m0/s1. The maximum Gasteiger partial charge on any atom is 0.164 e. The molecule has 1 aromatic carbocycles. The van der Waals surface area contributed by atoms with E-state index < -0.39 is 17.2 Å². The lowest BCUT2D eigenvalue weighted by atomic mass is 9.84. The maximum atomic E-state index is 15.1. The molecule has 2 aromatic heterocycles. The highest BCUT2D eigenvalue weighted by Gasteiger charge is 2.66. The van der Waals surface area contributed by atoms with Crippen LogP contribution in [0.4, 0.5) is 8.78 Å². The number of methoxy groups -OCH3 is 1. The molecular weight excluding hydrogens is 454 g/mol. The van der Waals surface area contributed by atoms with Gasteiger partial charge in [0.15, 0.2) is 16.8 Å². The molecule has 1 fully saturated rings. The van der Waals surface area contributed by atoms with Crippen molar-refractivity contribution in [3.63, 3.8) is 0 Å².